The van der Waals surface area contributed by atoms with E-state index in [9.17, 15) is 14.4 Å². The summed E-state index contributed by atoms with van der Waals surface area (Å²) in [5.74, 6) is -0.612. The minimum atomic E-state index is -0.215. The predicted molar refractivity (Wildman–Crippen MR) is 140 cm³/mol. The summed E-state index contributed by atoms with van der Waals surface area (Å²) in [6.45, 7) is 7.16. The standard InChI is InChI=1S/C24H25ClN4O3S.ClH/c1-3-27(4-2)13-14-28(24-26-19-10-7-17(25)15-20(19)33-24)23(32)16-5-8-18(9-6-16)29-21(30)11-12-22(29)31;/h5-10,15H,3-4,11-14H2,1-2H3;1H. The number of carbonyl (C=O) groups is 3. The number of amides is 3. The molecule has 0 saturated carbocycles. The monoisotopic (exact) mass is 520 g/mol. The molecule has 2 aromatic carbocycles. The first-order chi connectivity index (χ1) is 15.9. The highest BCUT2D eigenvalue weighted by molar-refractivity contribution is 7.22. The molecule has 2 heterocycles. The predicted octanol–water partition coefficient (Wildman–Crippen LogP) is 5.01. The van der Waals surface area contributed by atoms with Crippen LogP contribution in [0.1, 0.15) is 37.0 Å². The van der Waals surface area contributed by atoms with Crippen molar-refractivity contribution in [3.63, 3.8) is 0 Å². The Morgan fingerprint density at radius 3 is 2.29 bits per heavy atom. The van der Waals surface area contributed by atoms with E-state index < -0.39 is 0 Å². The van der Waals surface area contributed by atoms with Crippen molar-refractivity contribution in [2.24, 2.45) is 0 Å². The third kappa shape index (κ3) is 5.41. The highest BCUT2D eigenvalue weighted by Crippen LogP contribution is 2.32. The molecule has 0 aliphatic carbocycles. The van der Waals surface area contributed by atoms with Gasteiger partial charge in [-0.2, -0.15) is 0 Å². The first-order valence-electron chi connectivity index (χ1n) is 11.0. The highest BCUT2D eigenvalue weighted by Gasteiger charge is 2.30. The van der Waals surface area contributed by atoms with Crippen LogP contribution in [0.4, 0.5) is 10.8 Å². The van der Waals surface area contributed by atoms with Crippen LogP contribution in [0.3, 0.4) is 0 Å². The number of thiazole rings is 1. The maximum absolute atomic E-state index is 13.5. The second kappa shape index (κ2) is 11.3. The number of benzene rings is 2. The molecule has 0 atom stereocenters. The number of nitrogens with zero attached hydrogens (tertiary/aromatic N) is 4. The fourth-order valence-corrected chi connectivity index (χ4v) is 5.11. The molecule has 3 amide bonds. The minimum Gasteiger partial charge on any atom is -0.302 e. The highest BCUT2D eigenvalue weighted by atomic mass is 35.5. The van der Waals surface area contributed by atoms with Crippen LogP contribution in [-0.4, -0.2) is 53.8 Å². The summed E-state index contributed by atoms with van der Waals surface area (Å²) in [6, 6.07) is 12.1. The molecule has 0 spiro atoms. The van der Waals surface area contributed by atoms with Gasteiger partial charge in [0.2, 0.25) is 11.8 Å². The quantitative estimate of drug-likeness (QED) is 0.390. The van der Waals surface area contributed by atoms with E-state index in [4.69, 9.17) is 11.6 Å². The van der Waals surface area contributed by atoms with Crippen LogP contribution in [0.15, 0.2) is 42.5 Å². The van der Waals surface area contributed by atoms with Gasteiger partial charge < -0.3 is 4.90 Å². The van der Waals surface area contributed by atoms with E-state index in [1.54, 1.807) is 35.2 Å². The van der Waals surface area contributed by atoms with Crippen molar-refractivity contribution in [3.8, 4) is 0 Å². The number of fused-ring (bicyclic) bond motifs is 1. The summed E-state index contributed by atoms with van der Waals surface area (Å²) in [5, 5.41) is 1.23. The van der Waals surface area contributed by atoms with Crippen LogP contribution >= 0.6 is 35.3 Å². The Bertz CT molecular complexity index is 1180. The fraction of sp³-hybridized carbons (Fsp3) is 0.333. The van der Waals surface area contributed by atoms with Gasteiger partial charge in [-0.25, -0.2) is 4.98 Å². The van der Waals surface area contributed by atoms with Crippen molar-refractivity contribution in [1.82, 2.24) is 9.88 Å². The van der Waals surface area contributed by atoms with Gasteiger partial charge in [0, 0.05) is 36.5 Å². The van der Waals surface area contributed by atoms with Gasteiger partial charge in [-0.1, -0.05) is 36.8 Å². The van der Waals surface area contributed by atoms with E-state index >= 15 is 0 Å². The summed E-state index contributed by atoms with van der Waals surface area (Å²) in [7, 11) is 0. The van der Waals surface area contributed by atoms with Crippen molar-refractivity contribution in [2.75, 3.05) is 36.0 Å². The van der Waals surface area contributed by atoms with Crippen molar-refractivity contribution in [3.05, 3.63) is 53.1 Å². The number of rotatable bonds is 8. The first-order valence-corrected chi connectivity index (χ1v) is 12.2. The van der Waals surface area contributed by atoms with Gasteiger partial charge in [0.25, 0.3) is 5.91 Å². The molecule has 0 unspecified atom stereocenters. The molecule has 0 radical (unpaired) electrons. The Hall–Kier alpha value is -2.52. The zero-order valence-electron chi connectivity index (χ0n) is 19.0. The molecule has 3 aromatic rings. The molecule has 7 nitrogen and oxygen atoms in total. The summed E-state index contributed by atoms with van der Waals surface area (Å²) in [4.78, 5) is 47.4. The lowest BCUT2D eigenvalue weighted by Crippen LogP contribution is -2.39. The molecular weight excluding hydrogens is 495 g/mol. The Labute approximate surface area is 213 Å². The van der Waals surface area contributed by atoms with Crippen LogP contribution < -0.4 is 9.80 Å². The molecule has 1 aliphatic rings. The Balaban J connectivity index is 0.00000324. The molecule has 10 heteroatoms. The lowest BCUT2D eigenvalue weighted by Gasteiger charge is -2.25. The maximum atomic E-state index is 13.5. The fourth-order valence-electron chi connectivity index (χ4n) is 3.84. The zero-order chi connectivity index (χ0) is 23.5. The summed E-state index contributed by atoms with van der Waals surface area (Å²) in [5.41, 5.74) is 1.75. The normalized spacial score (nSPS) is 13.6. The molecule has 0 bridgehead atoms. The topological polar surface area (TPSA) is 73.8 Å². The van der Waals surface area contributed by atoms with Gasteiger partial charge in [0.1, 0.15) is 0 Å². The number of hydrogen-bond acceptors (Lipinski definition) is 6. The summed E-state index contributed by atoms with van der Waals surface area (Å²) < 4.78 is 0.916. The first kappa shape index (κ1) is 26.1. The lowest BCUT2D eigenvalue weighted by molar-refractivity contribution is -0.121. The number of imide groups is 1. The molecule has 1 fully saturated rings. The summed E-state index contributed by atoms with van der Waals surface area (Å²) in [6.07, 6.45) is 0.445. The molecule has 34 heavy (non-hydrogen) atoms. The molecule has 1 saturated heterocycles. The lowest BCUT2D eigenvalue weighted by atomic mass is 10.1. The van der Waals surface area contributed by atoms with E-state index in [1.165, 1.54) is 16.2 Å². The molecule has 0 N–H and O–H groups in total. The Morgan fingerprint density at radius 1 is 1.03 bits per heavy atom. The molecule has 1 aliphatic heterocycles. The second-order valence-electron chi connectivity index (χ2n) is 7.76. The molecule has 1 aromatic heterocycles. The van der Waals surface area contributed by atoms with E-state index in [2.05, 4.69) is 23.7 Å². The van der Waals surface area contributed by atoms with E-state index in [-0.39, 0.29) is 43.0 Å². The van der Waals surface area contributed by atoms with Gasteiger partial charge in [-0.3, -0.25) is 24.2 Å². The van der Waals surface area contributed by atoms with Gasteiger partial charge >= 0.3 is 0 Å². The Kier molecular flexibility index (Phi) is 8.65. The van der Waals surface area contributed by atoms with Gasteiger partial charge in [0.15, 0.2) is 5.13 Å². The van der Waals surface area contributed by atoms with E-state index in [1.807, 2.05) is 12.1 Å². The number of anilines is 2. The SMILES string of the molecule is CCN(CC)CCN(C(=O)c1ccc(N2C(=O)CCC2=O)cc1)c1nc2ccc(Cl)cc2s1.Cl. The van der Waals surface area contributed by atoms with Crippen molar-refractivity contribution in [2.45, 2.75) is 26.7 Å². The zero-order valence-corrected chi connectivity index (χ0v) is 21.4. The second-order valence-corrected chi connectivity index (χ2v) is 9.21. The number of likely N-dealkylation sites (N-methyl/N-ethyl adjacent to an activating group) is 1. The average molecular weight is 521 g/mol. The van der Waals surface area contributed by atoms with Gasteiger partial charge in [0.05, 0.1) is 15.9 Å². The van der Waals surface area contributed by atoms with Crippen LogP contribution in [0.5, 0.6) is 0 Å². The molecule has 180 valence electrons. The number of hydrogen-bond donors (Lipinski definition) is 0. The Morgan fingerprint density at radius 2 is 1.68 bits per heavy atom. The number of aromatic nitrogens is 1. The summed E-state index contributed by atoms with van der Waals surface area (Å²) >= 11 is 7.56. The van der Waals surface area contributed by atoms with Crippen molar-refractivity contribution >= 4 is 74.1 Å². The smallest absolute Gasteiger partial charge is 0.260 e. The molecular formula is C24H26Cl2N4O3S. The van der Waals surface area contributed by atoms with Crippen molar-refractivity contribution in [1.29, 1.82) is 0 Å². The van der Waals surface area contributed by atoms with Gasteiger partial charge in [-0.05, 0) is 55.6 Å². The third-order valence-electron chi connectivity index (χ3n) is 5.77. The minimum absolute atomic E-state index is 0. The van der Waals surface area contributed by atoms with Gasteiger partial charge in [-0.15, -0.1) is 12.4 Å². The van der Waals surface area contributed by atoms with Crippen LogP contribution in [0.25, 0.3) is 10.2 Å². The van der Waals surface area contributed by atoms with Crippen LogP contribution in [0.2, 0.25) is 5.02 Å². The average Bonchev–Trinajstić information content (AvgIpc) is 3.38. The van der Waals surface area contributed by atoms with Crippen LogP contribution in [0, 0.1) is 0 Å². The van der Waals surface area contributed by atoms with E-state index in [0.29, 0.717) is 34.5 Å². The van der Waals surface area contributed by atoms with Crippen molar-refractivity contribution < 1.29 is 14.4 Å². The number of halogens is 2. The third-order valence-corrected chi connectivity index (χ3v) is 7.05. The molecule has 4 rings (SSSR count). The number of carbonyl (C=O) groups excluding carboxylic acids is 3. The van der Waals surface area contributed by atoms with E-state index in [0.717, 1.165) is 23.3 Å². The largest absolute Gasteiger partial charge is 0.302 e. The maximum Gasteiger partial charge on any atom is 0.260 e. The van der Waals surface area contributed by atoms with Crippen LogP contribution in [-0.2, 0) is 9.59 Å².